The molecule has 0 spiro atoms. The van der Waals surface area contributed by atoms with Gasteiger partial charge < -0.3 is 37.6 Å². The number of carbonyl (C=O) groups excluding carboxylic acids is 4. The summed E-state index contributed by atoms with van der Waals surface area (Å²) in [5.74, 6) is -6.12. The van der Waals surface area contributed by atoms with Gasteiger partial charge in [-0.05, 0) is 18.8 Å². The van der Waals surface area contributed by atoms with Crippen molar-refractivity contribution in [2.24, 2.45) is 17.4 Å². The average Bonchev–Trinajstić information content (AvgIpc) is 2.75. The van der Waals surface area contributed by atoms with Crippen molar-refractivity contribution < 1.29 is 39.0 Å². The molecule has 5 atom stereocenters. The Hall–Kier alpha value is -2.87. The molecule has 0 rings (SSSR count). The van der Waals surface area contributed by atoms with Gasteiger partial charge in [0.25, 0.3) is 0 Å². The maximum Gasteiger partial charge on any atom is 0.326 e. The van der Waals surface area contributed by atoms with E-state index in [0.29, 0.717) is 6.42 Å². The minimum Gasteiger partial charge on any atom is -0.481 e. The third kappa shape index (κ3) is 11.5. The Balaban J connectivity index is 5.59. The topological polar surface area (TPSA) is 231 Å². The number of primary amides is 1. The molecule has 13 nitrogen and oxygen atoms in total. The van der Waals surface area contributed by atoms with Crippen molar-refractivity contribution in [1.82, 2.24) is 16.0 Å². The molecule has 188 valence electrons. The van der Waals surface area contributed by atoms with Crippen molar-refractivity contribution in [3.63, 3.8) is 0 Å². The molecule has 0 aromatic rings. The standard InChI is InChI=1S/C19H33N5O8S/c1-3-9(2)15(24-16(28)10(20)8-33)18(30)22-11(5-7-14(26)27)17(29)23-12(19(31)32)4-6-13(21)25/h9-12,15,33H,3-8,20H2,1-2H3,(H2,21,25)(H,22,30)(H,23,29)(H,24,28)(H,26,27)(H,31,32). The quantitative estimate of drug-likeness (QED) is 0.111. The van der Waals surface area contributed by atoms with Gasteiger partial charge >= 0.3 is 11.9 Å². The molecular formula is C19H33N5O8S. The van der Waals surface area contributed by atoms with E-state index in [9.17, 15) is 33.9 Å². The smallest absolute Gasteiger partial charge is 0.326 e. The van der Waals surface area contributed by atoms with Crippen molar-refractivity contribution in [1.29, 1.82) is 0 Å². The number of carbonyl (C=O) groups is 6. The molecule has 4 amide bonds. The summed E-state index contributed by atoms with van der Waals surface area (Å²) in [6, 6.07) is -4.95. The van der Waals surface area contributed by atoms with Gasteiger partial charge in [-0.1, -0.05) is 20.3 Å². The summed E-state index contributed by atoms with van der Waals surface area (Å²) in [4.78, 5) is 71.1. The van der Waals surface area contributed by atoms with Crippen LogP contribution in [0.4, 0.5) is 0 Å². The minimum absolute atomic E-state index is 0.0339. The third-order valence-corrected chi connectivity index (χ3v) is 5.29. The summed E-state index contributed by atoms with van der Waals surface area (Å²) in [7, 11) is 0. The number of carboxylic acid groups (broad SMARTS) is 2. The monoisotopic (exact) mass is 491 g/mol. The molecule has 0 fully saturated rings. The number of aliphatic carboxylic acids is 2. The number of carboxylic acids is 2. The Morgan fingerprint density at radius 1 is 0.879 bits per heavy atom. The van der Waals surface area contributed by atoms with Crippen LogP contribution >= 0.6 is 12.6 Å². The number of nitrogens with one attached hydrogen (secondary N) is 3. The second kappa shape index (κ2) is 15.1. The third-order valence-electron chi connectivity index (χ3n) is 4.90. The molecular weight excluding hydrogens is 458 g/mol. The van der Waals surface area contributed by atoms with Crippen LogP contribution in [-0.2, 0) is 28.8 Å². The lowest BCUT2D eigenvalue weighted by Crippen LogP contribution is -2.58. The maximum absolute atomic E-state index is 12.9. The van der Waals surface area contributed by atoms with Crippen molar-refractivity contribution in [2.75, 3.05) is 5.75 Å². The van der Waals surface area contributed by atoms with Crippen LogP contribution < -0.4 is 27.4 Å². The second-order valence-electron chi connectivity index (χ2n) is 7.56. The molecule has 14 heteroatoms. The van der Waals surface area contributed by atoms with E-state index in [-0.39, 0.29) is 30.9 Å². The van der Waals surface area contributed by atoms with Crippen LogP contribution in [0.2, 0.25) is 0 Å². The van der Waals surface area contributed by atoms with Crippen LogP contribution in [-0.4, -0.2) is 75.7 Å². The van der Waals surface area contributed by atoms with Gasteiger partial charge in [0.1, 0.15) is 18.1 Å². The van der Waals surface area contributed by atoms with Crippen LogP contribution in [0.15, 0.2) is 0 Å². The zero-order valence-corrected chi connectivity index (χ0v) is 19.5. The molecule has 33 heavy (non-hydrogen) atoms. The molecule has 0 radical (unpaired) electrons. The molecule has 0 bridgehead atoms. The highest BCUT2D eigenvalue weighted by molar-refractivity contribution is 7.80. The Morgan fingerprint density at radius 3 is 1.88 bits per heavy atom. The van der Waals surface area contributed by atoms with Crippen LogP contribution in [0.5, 0.6) is 0 Å². The van der Waals surface area contributed by atoms with Gasteiger partial charge in [0.2, 0.25) is 23.6 Å². The average molecular weight is 492 g/mol. The lowest BCUT2D eigenvalue weighted by molar-refractivity contribution is -0.143. The Morgan fingerprint density at radius 2 is 1.42 bits per heavy atom. The fraction of sp³-hybridized carbons (Fsp3) is 0.684. The number of nitrogens with two attached hydrogens (primary N) is 2. The van der Waals surface area contributed by atoms with Gasteiger partial charge in [0.15, 0.2) is 0 Å². The highest BCUT2D eigenvalue weighted by atomic mass is 32.1. The molecule has 0 aromatic carbocycles. The van der Waals surface area contributed by atoms with E-state index in [1.165, 1.54) is 0 Å². The van der Waals surface area contributed by atoms with Gasteiger partial charge in [0.05, 0.1) is 6.04 Å². The predicted molar refractivity (Wildman–Crippen MR) is 120 cm³/mol. The number of hydrogen-bond donors (Lipinski definition) is 8. The van der Waals surface area contributed by atoms with E-state index in [2.05, 4.69) is 28.6 Å². The Bertz CT molecular complexity index is 735. The molecule has 5 unspecified atom stereocenters. The highest BCUT2D eigenvalue weighted by Crippen LogP contribution is 2.10. The zero-order chi connectivity index (χ0) is 25.7. The molecule has 0 aliphatic carbocycles. The molecule has 0 aromatic heterocycles. The van der Waals surface area contributed by atoms with Crippen LogP contribution in [0, 0.1) is 5.92 Å². The summed E-state index contributed by atoms with van der Waals surface area (Å²) in [6.07, 6.45) is -0.955. The molecule has 0 aliphatic heterocycles. The van der Waals surface area contributed by atoms with Gasteiger partial charge in [0, 0.05) is 18.6 Å². The van der Waals surface area contributed by atoms with Gasteiger partial charge in [-0.3, -0.25) is 24.0 Å². The summed E-state index contributed by atoms with van der Waals surface area (Å²) >= 11 is 3.94. The normalized spacial score (nSPS) is 15.3. The van der Waals surface area contributed by atoms with E-state index >= 15 is 0 Å². The zero-order valence-electron chi connectivity index (χ0n) is 18.6. The first-order valence-corrected chi connectivity index (χ1v) is 11.0. The second-order valence-corrected chi connectivity index (χ2v) is 7.92. The van der Waals surface area contributed by atoms with E-state index in [1.807, 2.05) is 0 Å². The minimum atomic E-state index is -1.48. The van der Waals surface area contributed by atoms with Crippen LogP contribution in [0.1, 0.15) is 46.0 Å². The van der Waals surface area contributed by atoms with Crippen molar-refractivity contribution in [3.05, 3.63) is 0 Å². The summed E-state index contributed by atoms with van der Waals surface area (Å²) < 4.78 is 0. The number of hydrogen-bond acceptors (Lipinski definition) is 8. The van der Waals surface area contributed by atoms with Crippen LogP contribution in [0.3, 0.4) is 0 Å². The number of thiol groups is 1. The highest BCUT2D eigenvalue weighted by Gasteiger charge is 2.32. The fourth-order valence-electron chi connectivity index (χ4n) is 2.66. The SMILES string of the molecule is CCC(C)C(NC(=O)C(N)CS)C(=O)NC(CCC(=O)O)C(=O)NC(CCC(N)=O)C(=O)O. The van der Waals surface area contributed by atoms with Crippen LogP contribution in [0.25, 0.3) is 0 Å². The lowest BCUT2D eigenvalue weighted by Gasteiger charge is -2.27. The summed E-state index contributed by atoms with van der Waals surface area (Å²) in [6.45, 7) is 3.47. The predicted octanol–water partition coefficient (Wildman–Crippen LogP) is -2.04. The van der Waals surface area contributed by atoms with E-state index in [1.54, 1.807) is 13.8 Å². The largest absolute Gasteiger partial charge is 0.481 e. The van der Waals surface area contributed by atoms with Crippen molar-refractivity contribution >= 4 is 48.2 Å². The first-order valence-electron chi connectivity index (χ1n) is 10.3. The maximum atomic E-state index is 12.9. The molecule has 0 saturated heterocycles. The first-order chi connectivity index (χ1) is 15.3. The van der Waals surface area contributed by atoms with E-state index in [4.69, 9.17) is 16.6 Å². The fourth-order valence-corrected chi connectivity index (χ4v) is 2.83. The van der Waals surface area contributed by atoms with Crippen molar-refractivity contribution in [2.45, 2.75) is 70.1 Å². The summed E-state index contributed by atoms with van der Waals surface area (Å²) in [5, 5.41) is 25.3. The van der Waals surface area contributed by atoms with Gasteiger partial charge in [-0.2, -0.15) is 12.6 Å². The first kappa shape index (κ1) is 30.1. The molecule has 0 heterocycles. The van der Waals surface area contributed by atoms with E-state index in [0.717, 1.165) is 0 Å². The Labute approximate surface area is 196 Å². The lowest BCUT2D eigenvalue weighted by atomic mass is 9.97. The Kier molecular flexibility index (Phi) is 13.7. The molecule has 0 saturated carbocycles. The van der Waals surface area contributed by atoms with Gasteiger partial charge in [-0.25, -0.2) is 4.79 Å². The number of amides is 4. The molecule has 0 aliphatic rings. The van der Waals surface area contributed by atoms with Gasteiger partial charge in [-0.15, -0.1) is 0 Å². The van der Waals surface area contributed by atoms with Crippen molar-refractivity contribution in [3.8, 4) is 0 Å². The number of rotatable bonds is 16. The summed E-state index contributed by atoms with van der Waals surface area (Å²) in [5.41, 5.74) is 10.6. The molecule has 9 N–H and O–H groups in total. The van der Waals surface area contributed by atoms with E-state index < -0.39 is 66.2 Å².